The topological polar surface area (TPSA) is 51.3 Å². The maximum absolute atomic E-state index is 12.4. The van der Waals surface area contributed by atoms with E-state index in [1.165, 1.54) is 32.1 Å². The first-order chi connectivity index (χ1) is 13.3. The Morgan fingerprint density at radius 2 is 1.85 bits per heavy atom. The summed E-state index contributed by atoms with van der Waals surface area (Å²) in [5, 5.41) is 4.12. The van der Waals surface area contributed by atoms with Crippen molar-refractivity contribution in [1.82, 2.24) is 14.6 Å². The number of aromatic nitrogens is 2. The SMILES string of the molecule is O=C(N/N=C/c1ccn(C2CCCCC2)c1)c1cccc(-n2cccc2)c1. The molecule has 2 aromatic heterocycles. The van der Waals surface area contributed by atoms with Crippen LogP contribution in [-0.2, 0) is 0 Å². The van der Waals surface area contributed by atoms with Gasteiger partial charge in [-0.15, -0.1) is 0 Å². The Labute approximate surface area is 159 Å². The van der Waals surface area contributed by atoms with E-state index in [2.05, 4.69) is 27.5 Å². The van der Waals surface area contributed by atoms with Crippen LogP contribution in [0, 0.1) is 0 Å². The number of hydrogen-bond donors (Lipinski definition) is 1. The number of nitrogens with one attached hydrogen (secondary N) is 1. The van der Waals surface area contributed by atoms with Crippen LogP contribution in [0.1, 0.15) is 54.1 Å². The number of rotatable bonds is 5. The highest BCUT2D eigenvalue weighted by Gasteiger charge is 2.14. The Bertz CT molecular complexity index is 917. The Morgan fingerprint density at radius 1 is 1.04 bits per heavy atom. The van der Waals surface area contributed by atoms with Crippen molar-refractivity contribution in [2.75, 3.05) is 0 Å². The number of benzene rings is 1. The van der Waals surface area contributed by atoms with Gasteiger partial charge in [-0.2, -0.15) is 5.10 Å². The molecular weight excluding hydrogens is 336 g/mol. The Morgan fingerprint density at radius 3 is 2.67 bits per heavy atom. The third-order valence-electron chi connectivity index (χ3n) is 5.12. The summed E-state index contributed by atoms with van der Waals surface area (Å²) in [6.07, 6.45) is 16.3. The molecule has 1 aliphatic rings. The summed E-state index contributed by atoms with van der Waals surface area (Å²) in [7, 11) is 0. The predicted molar refractivity (Wildman–Crippen MR) is 107 cm³/mol. The van der Waals surface area contributed by atoms with E-state index in [1.807, 2.05) is 53.4 Å². The molecule has 1 aliphatic carbocycles. The first-order valence-corrected chi connectivity index (χ1v) is 9.54. The van der Waals surface area contributed by atoms with E-state index in [4.69, 9.17) is 0 Å². The molecule has 138 valence electrons. The van der Waals surface area contributed by atoms with E-state index in [9.17, 15) is 4.79 Å². The van der Waals surface area contributed by atoms with Crippen LogP contribution in [0.3, 0.4) is 0 Å². The molecule has 1 amide bonds. The van der Waals surface area contributed by atoms with Crippen molar-refractivity contribution >= 4 is 12.1 Å². The second-order valence-electron chi connectivity index (χ2n) is 7.02. The lowest BCUT2D eigenvalue weighted by Gasteiger charge is -2.23. The third-order valence-corrected chi connectivity index (χ3v) is 5.12. The maximum atomic E-state index is 12.4. The molecule has 0 bridgehead atoms. The van der Waals surface area contributed by atoms with Crippen LogP contribution >= 0.6 is 0 Å². The quantitative estimate of drug-likeness (QED) is 0.527. The van der Waals surface area contributed by atoms with Crippen LogP contribution in [0.4, 0.5) is 0 Å². The van der Waals surface area contributed by atoms with Crippen LogP contribution in [0.15, 0.2) is 72.4 Å². The van der Waals surface area contributed by atoms with Crippen LogP contribution in [0.25, 0.3) is 5.69 Å². The highest BCUT2D eigenvalue weighted by Crippen LogP contribution is 2.28. The maximum Gasteiger partial charge on any atom is 0.271 e. The van der Waals surface area contributed by atoms with E-state index in [0.717, 1.165) is 11.3 Å². The number of carbonyl (C=O) groups is 1. The third kappa shape index (κ3) is 4.19. The van der Waals surface area contributed by atoms with E-state index in [0.29, 0.717) is 11.6 Å². The van der Waals surface area contributed by atoms with Crippen LogP contribution in [0.5, 0.6) is 0 Å². The van der Waals surface area contributed by atoms with Crippen LogP contribution in [-0.4, -0.2) is 21.3 Å². The molecule has 1 fully saturated rings. The molecule has 1 N–H and O–H groups in total. The van der Waals surface area contributed by atoms with Crippen molar-refractivity contribution in [3.63, 3.8) is 0 Å². The van der Waals surface area contributed by atoms with Crippen LogP contribution < -0.4 is 5.43 Å². The van der Waals surface area contributed by atoms with Gasteiger partial charge < -0.3 is 9.13 Å². The molecule has 0 unspecified atom stereocenters. The molecule has 0 radical (unpaired) electrons. The number of carbonyl (C=O) groups excluding carboxylic acids is 1. The van der Waals surface area contributed by atoms with E-state index in [1.54, 1.807) is 12.3 Å². The molecule has 27 heavy (non-hydrogen) atoms. The van der Waals surface area contributed by atoms with E-state index < -0.39 is 0 Å². The lowest BCUT2D eigenvalue weighted by molar-refractivity contribution is 0.0955. The fraction of sp³-hybridized carbons (Fsp3) is 0.273. The number of hydrogen-bond acceptors (Lipinski definition) is 2. The van der Waals surface area contributed by atoms with E-state index >= 15 is 0 Å². The summed E-state index contributed by atoms with van der Waals surface area (Å²) in [6.45, 7) is 0. The Kier molecular flexibility index (Phi) is 5.19. The van der Waals surface area contributed by atoms with Gasteiger partial charge in [0.05, 0.1) is 6.21 Å². The summed E-state index contributed by atoms with van der Waals surface area (Å²) in [5.74, 6) is -0.216. The van der Waals surface area contributed by atoms with Gasteiger partial charge in [-0.3, -0.25) is 4.79 Å². The molecule has 4 rings (SSSR count). The fourth-order valence-corrected chi connectivity index (χ4v) is 3.66. The zero-order chi connectivity index (χ0) is 18.5. The average Bonchev–Trinajstić information content (AvgIpc) is 3.41. The van der Waals surface area contributed by atoms with Gasteiger partial charge in [0.25, 0.3) is 5.91 Å². The molecular formula is C22H24N4O. The normalized spacial score (nSPS) is 15.3. The second kappa shape index (κ2) is 8.08. The standard InChI is InChI=1S/C22H24N4O/c27-22(19-7-6-10-21(15-19)25-12-4-5-13-25)24-23-16-18-11-14-26(17-18)20-8-2-1-3-9-20/h4-7,10-17,20H,1-3,8-9H2,(H,24,27)/b23-16+. The van der Waals surface area contributed by atoms with Gasteiger partial charge in [0.1, 0.15) is 0 Å². The van der Waals surface area contributed by atoms with Crippen molar-refractivity contribution in [1.29, 1.82) is 0 Å². The smallest absolute Gasteiger partial charge is 0.271 e. The molecule has 5 nitrogen and oxygen atoms in total. The van der Waals surface area contributed by atoms with Gasteiger partial charge in [0, 0.05) is 47.6 Å². The molecule has 0 atom stereocenters. The van der Waals surface area contributed by atoms with Gasteiger partial charge in [0.15, 0.2) is 0 Å². The molecule has 3 aromatic rings. The first-order valence-electron chi connectivity index (χ1n) is 9.54. The van der Waals surface area contributed by atoms with Crippen LogP contribution in [0.2, 0.25) is 0 Å². The summed E-state index contributed by atoms with van der Waals surface area (Å²) < 4.78 is 4.25. The lowest BCUT2D eigenvalue weighted by Crippen LogP contribution is -2.17. The van der Waals surface area contributed by atoms with Crippen molar-refractivity contribution in [3.8, 4) is 5.69 Å². The van der Waals surface area contributed by atoms with Crippen molar-refractivity contribution in [3.05, 3.63) is 78.4 Å². The van der Waals surface area contributed by atoms with E-state index in [-0.39, 0.29) is 5.91 Å². The largest absolute Gasteiger partial charge is 0.351 e. The summed E-state index contributed by atoms with van der Waals surface area (Å²) >= 11 is 0. The molecule has 1 saturated carbocycles. The molecule has 0 saturated heterocycles. The van der Waals surface area contributed by atoms with Crippen molar-refractivity contribution < 1.29 is 4.79 Å². The van der Waals surface area contributed by atoms with Gasteiger partial charge in [0.2, 0.25) is 0 Å². The Hall–Kier alpha value is -3.08. The molecule has 5 heteroatoms. The number of nitrogens with zero attached hydrogens (tertiary/aromatic N) is 3. The molecule has 1 aromatic carbocycles. The molecule has 0 aliphatic heterocycles. The zero-order valence-electron chi connectivity index (χ0n) is 15.3. The van der Waals surface area contributed by atoms with Gasteiger partial charge in [-0.1, -0.05) is 25.3 Å². The minimum Gasteiger partial charge on any atom is -0.351 e. The summed E-state index contributed by atoms with van der Waals surface area (Å²) in [6, 6.07) is 14.0. The highest BCUT2D eigenvalue weighted by atomic mass is 16.2. The van der Waals surface area contributed by atoms with Crippen molar-refractivity contribution in [2.45, 2.75) is 38.1 Å². The predicted octanol–water partition coefficient (Wildman–Crippen LogP) is 4.55. The van der Waals surface area contributed by atoms with Gasteiger partial charge in [-0.05, 0) is 49.2 Å². The van der Waals surface area contributed by atoms with Gasteiger partial charge in [-0.25, -0.2) is 5.43 Å². The minimum atomic E-state index is -0.216. The summed E-state index contributed by atoms with van der Waals surface area (Å²) in [5.41, 5.74) is 5.15. The van der Waals surface area contributed by atoms with Crippen molar-refractivity contribution in [2.24, 2.45) is 5.10 Å². The monoisotopic (exact) mass is 360 g/mol. The highest BCUT2D eigenvalue weighted by molar-refractivity contribution is 5.95. The molecule has 2 heterocycles. The number of hydrazone groups is 1. The minimum absolute atomic E-state index is 0.216. The lowest BCUT2D eigenvalue weighted by atomic mass is 9.95. The number of amides is 1. The fourth-order valence-electron chi connectivity index (χ4n) is 3.66. The zero-order valence-corrected chi connectivity index (χ0v) is 15.3. The van der Waals surface area contributed by atoms with Gasteiger partial charge >= 0.3 is 0 Å². The second-order valence-corrected chi connectivity index (χ2v) is 7.02. The first kappa shape index (κ1) is 17.3. The summed E-state index contributed by atoms with van der Waals surface area (Å²) in [4.78, 5) is 12.4. The Balaban J connectivity index is 1.38. The molecule has 0 spiro atoms. The average molecular weight is 360 g/mol.